The maximum atomic E-state index is 13.7. The van der Waals surface area contributed by atoms with Gasteiger partial charge in [0.05, 0.1) is 11.4 Å². The molecule has 3 N–H and O–H groups in total. The molecule has 0 spiro atoms. The monoisotopic (exact) mass is 590 g/mol. The number of anilines is 1. The summed E-state index contributed by atoms with van der Waals surface area (Å²) in [6.45, 7) is 3.54. The molecule has 2 heterocycles. The van der Waals surface area contributed by atoms with Crippen LogP contribution in [0, 0.1) is 6.92 Å². The molecule has 0 aliphatic heterocycles. The molecule has 226 valence electrons. The minimum Gasteiger partial charge on any atom is -0.478 e. The number of aromatic nitrogens is 2. The fourth-order valence-corrected chi connectivity index (χ4v) is 6.67. The second-order valence-electron chi connectivity index (χ2n) is 12.3. The van der Waals surface area contributed by atoms with Crippen molar-refractivity contribution in [2.24, 2.45) is 7.05 Å². The molecule has 2 aliphatic rings. The summed E-state index contributed by atoms with van der Waals surface area (Å²) in [5.41, 5.74) is 6.40. The maximum Gasteiger partial charge on any atom is 0.331 e. The maximum absolute atomic E-state index is 13.7. The summed E-state index contributed by atoms with van der Waals surface area (Å²) < 4.78 is 2.17. The van der Waals surface area contributed by atoms with Crippen molar-refractivity contribution in [3.05, 3.63) is 88.6 Å². The van der Waals surface area contributed by atoms with E-state index in [9.17, 15) is 14.4 Å². The Balaban J connectivity index is 1.25. The molecule has 8 nitrogen and oxygen atoms in total. The predicted octanol–water partition coefficient (Wildman–Crippen LogP) is 6.99. The number of fused-ring (bicyclic) bond motifs is 1. The molecule has 0 atom stereocenters. The summed E-state index contributed by atoms with van der Waals surface area (Å²) in [5, 5.41) is 16.3. The Hall–Kier alpha value is -4.72. The Kier molecular flexibility index (Phi) is 7.84. The van der Waals surface area contributed by atoms with E-state index in [1.807, 2.05) is 38.2 Å². The molecule has 8 heteroatoms. The summed E-state index contributed by atoms with van der Waals surface area (Å²) in [6, 6.07) is 19.0. The average Bonchev–Trinajstić information content (AvgIpc) is 3.61. The number of carboxylic acids is 1. The molecule has 2 aliphatic carbocycles. The van der Waals surface area contributed by atoms with Crippen molar-refractivity contribution in [3.63, 3.8) is 0 Å². The van der Waals surface area contributed by atoms with E-state index in [2.05, 4.69) is 27.3 Å². The van der Waals surface area contributed by atoms with Crippen molar-refractivity contribution in [1.29, 1.82) is 0 Å². The van der Waals surface area contributed by atoms with Crippen LogP contribution in [0.25, 0.3) is 28.4 Å². The van der Waals surface area contributed by atoms with Crippen LogP contribution >= 0.6 is 0 Å². The highest BCUT2D eigenvalue weighted by Crippen LogP contribution is 2.44. The predicted molar refractivity (Wildman–Crippen MR) is 173 cm³/mol. The van der Waals surface area contributed by atoms with Crippen molar-refractivity contribution in [2.75, 3.05) is 5.32 Å². The highest BCUT2D eigenvalue weighted by Gasteiger charge is 2.45. The Labute approximate surface area is 257 Å². The van der Waals surface area contributed by atoms with E-state index in [4.69, 9.17) is 10.1 Å². The molecule has 44 heavy (non-hydrogen) atoms. The summed E-state index contributed by atoms with van der Waals surface area (Å²) in [5.74, 6) is -1.04. The molecule has 0 bridgehead atoms. The van der Waals surface area contributed by atoms with Crippen LogP contribution in [-0.2, 0) is 16.6 Å². The quantitative estimate of drug-likeness (QED) is 0.192. The number of carboxylic acid groups (broad SMARTS) is 1. The molecular formula is C36H38N4O4. The van der Waals surface area contributed by atoms with E-state index < -0.39 is 11.5 Å². The van der Waals surface area contributed by atoms with Gasteiger partial charge in [-0.2, -0.15) is 0 Å². The van der Waals surface area contributed by atoms with Crippen molar-refractivity contribution in [3.8, 4) is 11.4 Å². The number of hydrogen-bond acceptors (Lipinski definition) is 4. The SMILES string of the molecule is C/C(=C\c1ccc(NC(=O)C2(NC(=O)c3ccc4c(C5CCCC5)c(-c5cccc(C)n5)n(C)c4c3)CCC2)cc1)C(=O)O. The molecular weight excluding hydrogens is 552 g/mol. The first-order chi connectivity index (χ1) is 21.1. The molecule has 0 radical (unpaired) electrons. The molecule has 2 aromatic carbocycles. The molecule has 2 amide bonds. The number of aryl methyl sites for hydroxylation is 2. The van der Waals surface area contributed by atoms with Crippen LogP contribution in [0.2, 0.25) is 0 Å². The van der Waals surface area contributed by atoms with Crippen molar-refractivity contribution >= 4 is 40.4 Å². The lowest BCUT2D eigenvalue weighted by Gasteiger charge is -2.40. The molecule has 0 unspecified atom stereocenters. The van der Waals surface area contributed by atoms with Crippen molar-refractivity contribution in [2.45, 2.75) is 70.3 Å². The van der Waals surface area contributed by atoms with Gasteiger partial charge in [-0.05, 0) is 105 Å². The zero-order valence-corrected chi connectivity index (χ0v) is 25.4. The van der Waals surface area contributed by atoms with Crippen LogP contribution < -0.4 is 10.6 Å². The summed E-state index contributed by atoms with van der Waals surface area (Å²) in [6.07, 6.45) is 8.28. The minimum atomic E-state index is -0.982. The van der Waals surface area contributed by atoms with Crippen LogP contribution in [0.15, 0.2) is 66.2 Å². The van der Waals surface area contributed by atoms with E-state index in [0.29, 0.717) is 30.0 Å². The fraction of sp³-hybridized carbons (Fsp3) is 0.333. The Morgan fingerprint density at radius 2 is 1.73 bits per heavy atom. The molecule has 0 saturated heterocycles. The van der Waals surface area contributed by atoms with Gasteiger partial charge < -0.3 is 20.3 Å². The number of carbonyl (C=O) groups excluding carboxylic acids is 2. The van der Waals surface area contributed by atoms with Gasteiger partial charge >= 0.3 is 5.97 Å². The van der Waals surface area contributed by atoms with Gasteiger partial charge in [0, 0.05) is 40.5 Å². The van der Waals surface area contributed by atoms with Crippen LogP contribution in [0.1, 0.15) is 85.0 Å². The van der Waals surface area contributed by atoms with E-state index in [1.54, 1.807) is 30.3 Å². The molecule has 4 aromatic rings. The van der Waals surface area contributed by atoms with Crippen LogP contribution in [-0.4, -0.2) is 38.0 Å². The Bertz CT molecular complexity index is 1790. The zero-order chi connectivity index (χ0) is 31.0. The van der Waals surface area contributed by atoms with Crippen molar-refractivity contribution in [1.82, 2.24) is 14.9 Å². The molecule has 2 aromatic heterocycles. The summed E-state index contributed by atoms with van der Waals surface area (Å²) in [4.78, 5) is 43.1. The minimum absolute atomic E-state index is 0.226. The normalized spacial score (nSPS) is 16.5. The fourth-order valence-electron chi connectivity index (χ4n) is 6.67. The lowest BCUT2D eigenvalue weighted by Crippen LogP contribution is -2.61. The molecule has 2 fully saturated rings. The lowest BCUT2D eigenvalue weighted by molar-refractivity contribution is -0.132. The Morgan fingerprint density at radius 1 is 1.00 bits per heavy atom. The van der Waals surface area contributed by atoms with E-state index in [0.717, 1.165) is 52.8 Å². The van der Waals surface area contributed by atoms with Gasteiger partial charge in [-0.3, -0.25) is 14.6 Å². The van der Waals surface area contributed by atoms with Crippen LogP contribution in [0.4, 0.5) is 5.69 Å². The first-order valence-corrected chi connectivity index (χ1v) is 15.4. The number of benzene rings is 2. The number of amides is 2. The second kappa shape index (κ2) is 11.8. The average molecular weight is 591 g/mol. The first kappa shape index (κ1) is 29.4. The standard InChI is InChI=1S/C36H38N4O4/c1-22(34(42)43)20-24-12-15-27(16-13-24)38-35(44)36(18-7-19-36)39-33(41)26-14-17-28-30(21-26)40(3)32(29-11-6-8-23(2)37-29)31(28)25-9-4-5-10-25/h6,8,11-17,20-21,25H,4-5,7,9-10,18-19H2,1-3H3,(H,38,44)(H,39,41)(H,42,43)/b22-20+. The Morgan fingerprint density at radius 3 is 2.36 bits per heavy atom. The largest absolute Gasteiger partial charge is 0.478 e. The topological polar surface area (TPSA) is 113 Å². The molecule has 6 rings (SSSR count). The summed E-state index contributed by atoms with van der Waals surface area (Å²) in [7, 11) is 2.05. The van der Waals surface area contributed by atoms with Crippen LogP contribution in [0.5, 0.6) is 0 Å². The van der Waals surface area contributed by atoms with Gasteiger partial charge in [-0.25, -0.2) is 4.79 Å². The van der Waals surface area contributed by atoms with Crippen LogP contribution in [0.3, 0.4) is 0 Å². The highest BCUT2D eigenvalue weighted by atomic mass is 16.4. The third-order valence-electron chi connectivity index (χ3n) is 9.28. The van der Waals surface area contributed by atoms with E-state index >= 15 is 0 Å². The van der Waals surface area contributed by atoms with E-state index in [-0.39, 0.29) is 17.4 Å². The van der Waals surface area contributed by atoms with Gasteiger partial charge in [-0.15, -0.1) is 0 Å². The lowest BCUT2D eigenvalue weighted by atomic mass is 9.75. The number of nitrogens with zero attached hydrogens (tertiary/aromatic N) is 2. The zero-order valence-electron chi connectivity index (χ0n) is 25.4. The smallest absolute Gasteiger partial charge is 0.331 e. The van der Waals surface area contributed by atoms with Gasteiger partial charge in [0.25, 0.3) is 5.91 Å². The van der Waals surface area contributed by atoms with Gasteiger partial charge in [0.15, 0.2) is 0 Å². The third kappa shape index (κ3) is 5.52. The number of nitrogens with one attached hydrogen (secondary N) is 2. The highest BCUT2D eigenvalue weighted by molar-refractivity contribution is 6.06. The van der Waals surface area contributed by atoms with Gasteiger partial charge in [0.2, 0.25) is 5.91 Å². The number of pyridine rings is 1. The van der Waals surface area contributed by atoms with Crippen molar-refractivity contribution < 1.29 is 19.5 Å². The number of carbonyl (C=O) groups is 3. The summed E-state index contributed by atoms with van der Waals surface area (Å²) >= 11 is 0. The third-order valence-corrected chi connectivity index (χ3v) is 9.28. The second-order valence-corrected chi connectivity index (χ2v) is 12.3. The van der Waals surface area contributed by atoms with Gasteiger partial charge in [0.1, 0.15) is 5.54 Å². The molecule has 2 saturated carbocycles. The van der Waals surface area contributed by atoms with E-state index in [1.165, 1.54) is 25.3 Å². The first-order valence-electron chi connectivity index (χ1n) is 15.4. The number of rotatable bonds is 8. The number of aliphatic carboxylic acids is 1. The number of hydrogen-bond donors (Lipinski definition) is 3. The van der Waals surface area contributed by atoms with Gasteiger partial charge in [-0.1, -0.05) is 37.1 Å².